The molecule has 1 aliphatic rings. The molecule has 0 amide bonds. The van der Waals surface area contributed by atoms with Crippen LogP contribution in [0.3, 0.4) is 0 Å². The predicted molar refractivity (Wildman–Crippen MR) is 82.8 cm³/mol. The molecule has 0 unspecified atom stereocenters. The van der Waals surface area contributed by atoms with E-state index in [9.17, 15) is 4.79 Å². The van der Waals surface area contributed by atoms with Gasteiger partial charge in [0.1, 0.15) is 5.82 Å². The minimum Gasteiger partial charge on any atom is -0.373 e. The topological polar surface area (TPSA) is 63.1 Å². The molecule has 1 N–H and O–H groups in total. The van der Waals surface area contributed by atoms with Crippen molar-refractivity contribution in [2.75, 3.05) is 30.4 Å². The lowest BCUT2D eigenvalue weighted by atomic mass is 10.3. The fraction of sp³-hybridized carbons (Fsp3) is 0.400. The van der Waals surface area contributed by atoms with E-state index < -0.39 is 0 Å². The molecule has 110 valence electrons. The van der Waals surface area contributed by atoms with Crippen LogP contribution >= 0.6 is 0 Å². The van der Waals surface area contributed by atoms with Crippen LogP contribution in [-0.2, 0) is 6.54 Å². The smallest absolute Gasteiger partial charge is 0.269 e. The van der Waals surface area contributed by atoms with Gasteiger partial charge in [0.25, 0.3) is 5.56 Å². The first-order valence-corrected chi connectivity index (χ1v) is 7.22. The molecule has 1 aliphatic heterocycles. The van der Waals surface area contributed by atoms with Crippen molar-refractivity contribution < 1.29 is 0 Å². The number of hydrogen-bond donors (Lipinski definition) is 1. The van der Waals surface area contributed by atoms with Crippen LogP contribution in [0.2, 0.25) is 0 Å². The molecule has 1 saturated heterocycles. The summed E-state index contributed by atoms with van der Waals surface area (Å²) >= 11 is 0. The van der Waals surface area contributed by atoms with E-state index in [0.717, 1.165) is 30.3 Å². The summed E-state index contributed by atoms with van der Waals surface area (Å²) in [7, 11) is 1.82. The van der Waals surface area contributed by atoms with Crippen LogP contribution in [-0.4, -0.2) is 34.9 Å². The fourth-order valence-corrected chi connectivity index (χ4v) is 2.55. The number of hydrogen-bond acceptors (Lipinski definition) is 5. The molecule has 1 fully saturated rings. The van der Waals surface area contributed by atoms with Crippen molar-refractivity contribution in [1.82, 2.24) is 14.8 Å². The van der Waals surface area contributed by atoms with E-state index in [1.54, 1.807) is 12.3 Å². The van der Waals surface area contributed by atoms with Gasteiger partial charge < -0.3 is 10.2 Å². The maximum atomic E-state index is 12.2. The molecule has 0 bridgehead atoms. The highest BCUT2D eigenvalue weighted by molar-refractivity contribution is 5.43. The quantitative estimate of drug-likeness (QED) is 0.918. The number of nitrogens with zero attached hydrogens (tertiary/aromatic N) is 4. The second-order valence-electron chi connectivity index (χ2n) is 5.17. The van der Waals surface area contributed by atoms with Gasteiger partial charge in [-0.1, -0.05) is 6.07 Å². The Morgan fingerprint density at radius 2 is 2.10 bits per heavy atom. The summed E-state index contributed by atoms with van der Waals surface area (Å²) in [4.78, 5) is 18.8. The van der Waals surface area contributed by atoms with Crippen LogP contribution < -0.4 is 15.8 Å². The number of rotatable bonds is 4. The number of anilines is 2. The Balaban J connectivity index is 1.80. The molecule has 0 atom stereocenters. The Hall–Kier alpha value is -2.37. The first-order chi connectivity index (χ1) is 10.3. The third kappa shape index (κ3) is 3.04. The average molecular weight is 285 g/mol. The number of aromatic nitrogens is 3. The minimum absolute atomic E-state index is 0.0870. The highest BCUT2D eigenvalue weighted by Gasteiger charge is 2.13. The van der Waals surface area contributed by atoms with Crippen LogP contribution in [0.1, 0.15) is 18.5 Å². The zero-order valence-electron chi connectivity index (χ0n) is 12.1. The van der Waals surface area contributed by atoms with Gasteiger partial charge in [0, 0.05) is 26.2 Å². The van der Waals surface area contributed by atoms with Gasteiger partial charge in [0.2, 0.25) is 0 Å². The van der Waals surface area contributed by atoms with Crippen LogP contribution in [0.4, 0.5) is 11.5 Å². The molecule has 2 aromatic heterocycles. The summed E-state index contributed by atoms with van der Waals surface area (Å²) in [5.74, 6) is 0.786. The second-order valence-corrected chi connectivity index (χ2v) is 5.17. The van der Waals surface area contributed by atoms with E-state index >= 15 is 0 Å². The zero-order valence-corrected chi connectivity index (χ0v) is 12.1. The lowest BCUT2D eigenvalue weighted by Crippen LogP contribution is -2.26. The summed E-state index contributed by atoms with van der Waals surface area (Å²) in [6, 6.07) is 7.36. The Morgan fingerprint density at radius 3 is 2.81 bits per heavy atom. The highest BCUT2D eigenvalue weighted by atomic mass is 16.1. The van der Waals surface area contributed by atoms with Crippen LogP contribution in [0.25, 0.3) is 0 Å². The van der Waals surface area contributed by atoms with Crippen molar-refractivity contribution >= 4 is 11.5 Å². The van der Waals surface area contributed by atoms with Crippen LogP contribution in [0.15, 0.2) is 35.3 Å². The molecule has 3 rings (SSSR count). The van der Waals surface area contributed by atoms with Gasteiger partial charge in [0.15, 0.2) is 0 Å². The lowest BCUT2D eigenvalue weighted by molar-refractivity contribution is 0.627. The molecule has 0 saturated carbocycles. The molecule has 0 aromatic carbocycles. The van der Waals surface area contributed by atoms with Gasteiger partial charge in [-0.3, -0.25) is 4.79 Å². The fourth-order valence-electron chi connectivity index (χ4n) is 2.55. The molecule has 0 radical (unpaired) electrons. The Labute approximate surface area is 123 Å². The van der Waals surface area contributed by atoms with Gasteiger partial charge in [-0.05, 0) is 25.0 Å². The summed E-state index contributed by atoms with van der Waals surface area (Å²) in [5.41, 5.74) is 1.65. The zero-order chi connectivity index (χ0) is 14.7. The number of pyridine rings is 1. The van der Waals surface area contributed by atoms with Gasteiger partial charge in [0.05, 0.1) is 24.1 Å². The summed E-state index contributed by atoms with van der Waals surface area (Å²) in [6.07, 6.45) is 4.14. The molecule has 6 heteroatoms. The van der Waals surface area contributed by atoms with Crippen molar-refractivity contribution in [1.29, 1.82) is 0 Å². The monoisotopic (exact) mass is 285 g/mol. The standard InChI is InChI=1S/C15H19N5O/c1-16-14-6-4-5-12(18-14)11-20-15(21)9-13(10-17-20)19-7-2-3-8-19/h4-6,9-10H,2-3,7-8,11H2,1H3,(H,16,18). The largest absolute Gasteiger partial charge is 0.373 e. The molecule has 3 heterocycles. The second kappa shape index (κ2) is 5.95. The van der Waals surface area contributed by atoms with Crippen molar-refractivity contribution in [3.8, 4) is 0 Å². The highest BCUT2D eigenvalue weighted by Crippen LogP contribution is 2.16. The molecular weight excluding hydrogens is 266 g/mol. The van der Waals surface area contributed by atoms with E-state index in [-0.39, 0.29) is 5.56 Å². The van der Waals surface area contributed by atoms with Crippen molar-refractivity contribution in [3.63, 3.8) is 0 Å². The van der Waals surface area contributed by atoms with E-state index in [0.29, 0.717) is 6.54 Å². The molecule has 2 aromatic rings. The predicted octanol–water partition coefficient (Wildman–Crippen LogP) is 1.33. The van der Waals surface area contributed by atoms with E-state index in [4.69, 9.17) is 0 Å². The van der Waals surface area contributed by atoms with E-state index in [2.05, 4.69) is 20.3 Å². The number of nitrogens with one attached hydrogen (secondary N) is 1. The Morgan fingerprint density at radius 1 is 1.29 bits per heavy atom. The molecule has 0 spiro atoms. The maximum Gasteiger partial charge on any atom is 0.269 e. The lowest BCUT2D eigenvalue weighted by Gasteiger charge is -2.17. The minimum atomic E-state index is -0.0870. The van der Waals surface area contributed by atoms with E-state index in [1.807, 2.05) is 25.2 Å². The van der Waals surface area contributed by atoms with E-state index in [1.165, 1.54) is 17.5 Å². The SMILES string of the molecule is CNc1cccc(Cn2ncc(N3CCCC3)cc2=O)n1. The van der Waals surface area contributed by atoms with Crippen molar-refractivity contribution in [3.05, 3.63) is 46.5 Å². The summed E-state index contributed by atoms with van der Waals surface area (Å²) in [6.45, 7) is 2.41. The van der Waals surface area contributed by atoms with Crippen LogP contribution in [0, 0.1) is 0 Å². The first kappa shape index (κ1) is 13.6. The van der Waals surface area contributed by atoms with Gasteiger partial charge in [-0.25, -0.2) is 9.67 Å². The van der Waals surface area contributed by atoms with Gasteiger partial charge in [-0.2, -0.15) is 5.10 Å². The molecule has 6 nitrogen and oxygen atoms in total. The summed E-state index contributed by atoms with van der Waals surface area (Å²) < 4.78 is 1.45. The normalized spacial score (nSPS) is 14.4. The summed E-state index contributed by atoms with van der Waals surface area (Å²) in [5, 5.41) is 7.26. The van der Waals surface area contributed by atoms with Crippen molar-refractivity contribution in [2.24, 2.45) is 0 Å². The maximum absolute atomic E-state index is 12.2. The third-order valence-corrected chi connectivity index (χ3v) is 3.70. The third-order valence-electron chi connectivity index (χ3n) is 3.70. The van der Waals surface area contributed by atoms with Gasteiger partial charge in [-0.15, -0.1) is 0 Å². The molecular formula is C15H19N5O. The molecule has 21 heavy (non-hydrogen) atoms. The molecule has 0 aliphatic carbocycles. The first-order valence-electron chi connectivity index (χ1n) is 7.22. The van der Waals surface area contributed by atoms with Gasteiger partial charge >= 0.3 is 0 Å². The Kier molecular flexibility index (Phi) is 3.85. The Bertz CT molecular complexity index is 676. The average Bonchev–Trinajstić information content (AvgIpc) is 3.04. The van der Waals surface area contributed by atoms with Crippen molar-refractivity contribution in [2.45, 2.75) is 19.4 Å². The van der Waals surface area contributed by atoms with Crippen LogP contribution in [0.5, 0.6) is 0 Å².